The summed E-state index contributed by atoms with van der Waals surface area (Å²) in [6, 6.07) is 22.3. The average Bonchev–Trinajstić information content (AvgIpc) is 3.35. The number of likely N-dealkylation sites (tertiary alicyclic amines) is 1. The molecule has 1 aliphatic carbocycles. The number of amides is 1. The average molecular weight is 469 g/mol. The van der Waals surface area contributed by atoms with Crippen LogP contribution in [0.2, 0.25) is 0 Å². The van der Waals surface area contributed by atoms with Crippen molar-refractivity contribution in [1.82, 2.24) is 4.90 Å². The lowest BCUT2D eigenvalue weighted by Gasteiger charge is -2.40. The largest absolute Gasteiger partial charge is 0.393 e. The van der Waals surface area contributed by atoms with E-state index in [1.54, 1.807) is 0 Å². The predicted octanol–water partition coefficient (Wildman–Crippen LogP) is 5.76. The number of piperidine rings is 1. The standard InChI is InChI=1S/C31H36N2O2/c1-3-8-24(34)20-31(2)26-13-4-5-14-27(26)33(30(31)35)23-15-17-32(18-16-23)28-19-22-11-6-9-21-10-7-12-25(28)29(21)22/h4-7,9-14,23-24,28,34H,3,8,15-20H2,1-2H3. The second kappa shape index (κ2) is 8.76. The van der Waals surface area contributed by atoms with Gasteiger partial charge in [-0.05, 0) is 72.6 Å². The summed E-state index contributed by atoms with van der Waals surface area (Å²) in [5, 5.41) is 13.4. The number of hydrogen-bond acceptors (Lipinski definition) is 3. The lowest BCUT2D eigenvalue weighted by Crippen LogP contribution is -2.50. The van der Waals surface area contributed by atoms with Crippen molar-refractivity contribution in [2.75, 3.05) is 18.0 Å². The molecule has 35 heavy (non-hydrogen) atoms. The highest BCUT2D eigenvalue weighted by Crippen LogP contribution is 2.47. The van der Waals surface area contributed by atoms with E-state index in [1.165, 1.54) is 21.9 Å². The summed E-state index contributed by atoms with van der Waals surface area (Å²) in [4.78, 5) is 18.7. The Labute approximate surface area is 208 Å². The van der Waals surface area contributed by atoms with Gasteiger partial charge in [0.15, 0.2) is 0 Å². The van der Waals surface area contributed by atoms with Crippen molar-refractivity contribution in [1.29, 1.82) is 0 Å². The molecule has 1 fully saturated rings. The Hall–Kier alpha value is -2.69. The quantitative estimate of drug-likeness (QED) is 0.500. The number of benzene rings is 3. The number of aliphatic hydroxyl groups excluding tert-OH is 1. The topological polar surface area (TPSA) is 43.8 Å². The second-order valence-corrected chi connectivity index (χ2v) is 11.0. The van der Waals surface area contributed by atoms with Gasteiger partial charge in [0, 0.05) is 30.9 Å². The van der Waals surface area contributed by atoms with Crippen molar-refractivity contribution in [3.05, 3.63) is 77.4 Å². The molecule has 1 saturated heterocycles. The minimum atomic E-state index is -0.648. The zero-order valence-corrected chi connectivity index (χ0v) is 20.9. The van der Waals surface area contributed by atoms with Gasteiger partial charge in [-0.3, -0.25) is 9.69 Å². The predicted molar refractivity (Wildman–Crippen MR) is 142 cm³/mol. The van der Waals surface area contributed by atoms with E-state index in [9.17, 15) is 9.90 Å². The number of carbonyl (C=O) groups excluding carboxylic acids is 1. The molecule has 3 atom stereocenters. The highest BCUT2D eigenvalue weighted by atomic mass is 16.3. The summed E-state index contributed by atoms with van der Waals surface area (Å²) in [5.41, 5.74) is 4.43. The van der Waals surface area contributed by atoms with E-state index in [-0.39, 0.29) is 11.9 Å². The summed E-state index contributed by atoms with van der Waals surface area (Å²) >= 11 is 0. The number of anilines is 1. The van der Waals surface area contributed by atoms with Gasteiger partial charge in [-0.1, -0.05) is 67.9 Å². The summed E-state index contributed by atoms with van der Waals surface area (Å²) in [6.45, 7) is 6.12. The molecular weight excluding hydrogens is 432 g/mol. The molecule has 0 spiro atoms. The number of para-hydroxylation sites is 1. The summed E-state index contributed by atoms with van der Waals surface area (Å²) in [5.74, 6) is 0.172. The van der Waals surface area contributed by atoms with E-state index in [0.29, 0.717) is 12.5 Å². The van der Waals surface area contributed by atoms with Crippen LogP contribution < -0.4 is 4.90 Å². The molecule has 3 aliphatic rings. The zero-order valence-electron chi connectivity index (χ0n) is 20.9. The maximum absolute atomic E-state index is 13.9. The number of fused-ring (bicyclic) bond motifs is 1. The molecule has 0 radical (unpaired) electrons. The normalized spacial score (nSPS) is 25.4. The molecule has 182 valence electrons. The van der Waals surface area contributed by atoms with Crippen LogP contribution in [0.3, 0.4) is 0 Å². The number of aliphatic hydroxyl groups is 1. The van der Waals surface area contributed by atoms with Crippen LogP contribution >= 0.6 is 0 Å². The van der Waals surface area contributed by atoms with E-state index < -0.39 is 11.5 Å². The third-order valence-electron chi connectivity index (χ3n) is 8.82. The summed E-state index contributed by atoms with van der Waals surface area (Å²) < 4.78 is 0. The van der Waals surface area contributed by atoms with Gasteiger partial charge >= 0.3 is 0 Å². The molecule has 6 rings (SSSR count). The Balaban J connectivity index is 1.21. The Morgan fingerprint density at radius 1 is 1.03 bits per heavy atom. The number of hydrogen-bond donors (Lipinski definition) is 1. The van der Waals surface area contributed by atoms with Crippen LogP contribution in [-0.2, 0) is 16.6 Å². The van der Waals surface area contributed by atoms with E-state index in [2.05, 4.69) is 65.3 Å². The molecule has 1 amide bonds. The molecular formula is C31H36N2O2. The molecule has 0 bridgehead atoms. The molecule has 2 heterocycles. The van der Waals surface area contributed by atoms with Crippen LogP contribution in [0.25, 0.3) is 10.8 Å². The Kier molecular flexibility index (Phi) is 5.69. The monoisotopic (exact) mass is 468 g/mol. The highest BCUT2D eigenvalue weighted by molar-refractivity contribution is 6.08. The molecule has 3 aromatic rings. The minimum absolute atomic E-state index is 0.172. The van der Waals surface area contributed by atoms with E-state index >= 15 is 0 Å². The molecule has 0 aromatic heterocycles. The number of carbonyl (C=O) groups is 1. The van der Waals surface area contributed by atoms with Crippen LogP contribution in [-0.4, -0.2) is 41.1 Å². The van der Waals surface area contributed by atoms with Crippen molar-refractivity contribution >= 4 is 22.4 Å². The van der Waals surface area contributed by atoms with Gasteiger partial charge in [-0.2, -0.15) is 0 Å². The fourth-order valence-corrected chi connectivity index (χ4v) is 7.10. The first-order valence-electron chi connectivity index (χ1n) is 13.4. The van der Waals surface area contributed by atoms with Gasteiger partial charge in [0.2, 0.25) is 5.91 Å². The van der Waals surface area contributed by atoms with Crippen LogP contribution in [0.15, 0.2) is 60.7 Å². The van der Waals surface area contributed by atoms with Gasteiger partial charge in [0.05, 0.1) is 11.5 Å². The smallest absolute Gasteiger partial charge is 0.237 e. The lowest BCUT2D eigenvalue weighted by molar-refractivity contribution is -0.124. The van der Waals surface area contributed by atoms with Crippen molar-refractivity contribution in [3.63, 3.8) is 0 Å². The molecule has 3 aromatic carbocycles. The first kappa shape index (κ1) is 22.8. The molecule has 3 unspecified atom stereocenters. The Morgan fingerprint density at radius 2 is 1.77 bits per heavy atom. The van der Waals surface area contributed by atoms with Gasteiger partial charge in [-0.25, -0.2) is 0 Å². The molecule has 4 heteroatoms. The zero-order chi connectivity index (χ0) is 24.2. The van der Waals surface area contributed by atoms with Gasteiger partial charge in [0.25, 0.3) is 0 Å². The van der Waals surface area contributed by atoms with Crippen LogP contribution in [0.5, 0.6) is 0 Å². The third kappa shape index (κ3) is 3.61. The summed E-state index contributed by atoms with van der Waals surface area (Å²) in [7, 11) is 0. The number of nitrogens with zero attached hydrogens (tertiary/aromatic N) is 2. The first-order valence-corrected chi connectivity index (χ1v) is 13.4. The highest BCUT2D eigenvalue weighted by Gasteiger charge is 2.50. The van der Waals surface area contributed by atoms with Gasteiger partial charge < -0.3 is 10.0 Å². The third-order valence-corrected chi connectivity index (χ3v) is 8.82. The number of rotatable bonds is 6. The van der Waals surface area contributed by atoms with Gasteiger partial charge in [0.1, 0.15) is 0 Å². The molecule has 2 aliphatic heterocycles. The second-order valence-electron chi connectivity index (χ2n) is 11.0. The maximum Gasteiger partial charge on any atom is 0.237 e. The first-order chi connectivity index (χ1) is 17.0. The summed E-state index contributed by atoms with van der Waals surface area (Å²) in [6.07, 6.45) is 4.76. The minimum Gasteiger partial charge on any atom is -0.393 e. The molecule has 0 saturated carbocycles. The van der Waals surface area contributed by atoms with Crippen LogP contribution in [0.4, 0.5) is 5.69 Å². The SMILES string of the molecule is CCCC(O)CC1(C)C(=O)N(C2CCN(C3Cc4cccc5cccc3c45)CC2)c2ccccc21. The van der Waals surface area contributed by atoms with Crippen molar-refractivity contribution in [2.24, 2.45) is 0 Å². The Morgan fingerprint density at radius 3 is 2.54 bits per heavy atom. The fraction of sp³-hybridized carbons (Fsp3) is 0.452. The van der Waals surface area contributed by atoms with E-state index in [4.69, 9.17) is 0 Å². The van der Waals surface area contributed by atoms with Crippen LogP contribution in [0.1, 0.15) is 68.7 Å². The van der Waals surface area contributed by atoms with E-state index in [1.807, 2.05) is 19.1 Å². The maximum atomic E-state index is 13.9. The molecule has 4 nitrogen and oxygen atoms in total. The van der Waals surface area contributed by atoms with E-state index in [0.717, 1.165) is 56.4 Å². The molecule has 1 N–H and O–H groups in total. The fourth-order valence-electron chi connectivity index (χ4n) is 7.10. The Bertz CT molecular complexity index is 1260. The lowest BCUT2D eigenvalue weighted by atomic mass is 9.78. The van der Waals surface area contributed by atoms with Gasteiger partial charge in [-0.15, -0.1) is 0 Å². The van der Waals surface area contributed by atoms with Crippen molar-refractivity contribution in [2.45, 2.75) is 76.0 Å². The van der Waals surface area contributed by atoms with Crippen molar-refractivity contribution < 1.29 is 9.90 Å². The van der Waals surface area contributed by atoms with Crippen LogP contribution in [0, 0.1) is 0 Å². The van der Waals surface area contributed by atoms with Crippen molar-refractivity contribution in [3.8, 4) is 0 Å².